The molecule has 90 valence electrons. The number of primary amides is 1. The Kier molecular flexibility index (Phi) is 7.88. The van der Waals surface area contributed by atoms with Crippen LogP contribution in [0.2, 0.25) is 0 Å². The van der Waals surface area contributed by atoms with Crippen molar-refractivity contribution >= 4 is 24.0 Å². The average Bonchev–Trinajstić information content (AvgIpc) is 2.27. The molecule has 1 rings (SSSR count). The number of carbonyl (C=O) groups is 2. The molecule has 0 bridgehead atoms. The first-order valence-electron chi connectivity index (χ1n) is 4.40. The lowest BCUT2D eigenvalue weighted by molar-refractivity contribution is 0.144. The average molecular weight is 253 g/mol. The van der Waals surface area contributed by atoms with Crippen molar-refractivity contribution in [2.75, 3.05) is 0 Å². The highest BCUT2D eigenvalue weighted by atomic mass is 32.1. The Morgan fingerprint density at radius 3 is 2.41 bits per heavy atom. The molecule has 0 aliphatic rings. The number of benzene rings is 1. The summed E-state index contributed by atoms with van der Waals surface area (Å²) in [6.07, 6.45) is 0.749. The Labute approximate surface area is 104 Å². The second-order valence-electron chi connectivity index (χ2n) is 2.64. The van der Waals surface area contributed by atoms with Gasteiger partial charge >= 0.3 is 6.09 Å². The van der Waals surface area contributed by atoms with Crippen LogP contribution in [0.25, 0.3) is 0 Å². The van der Waals surface area contributed by atoms with E-state index >= 15 is 0 Å². The number of nitrogens with one attached hydrogen (secondary N) is 1. The van der Waals surface area contributed by atoms with Gasteiger partial charge in [0.05, 0.1) is 0 Å². The molecule has 3 N–H and O–H groups in total. The first-order valence-corrected chi connectivity index (χ1v) is 4.85. The quantitative estimate of drug-likeness (QED) is 0.420. The third-order valence-corrected chi connectivity index (χ3v) is 1.37. The van der Waals surface area contributed by atoms with Gasteiger partial charge in [-0.3, -0.25) is 4.79 Å². The van der Waals surface area contributed by atoms with E-state index in [1.807, 2.05) is 35.6 Å². The Morgan fingerprint density at radius 2 is 1.94 bits per heavy atom. The maximum atomic E-state index is 10.7. The van der Waals surface area contributed by atoms with Crippen LogP contribution in [-0.4, -0.2) is 11.3 Å². The summed E-state index contributed by atoms with van der Waals surface area (Å²) in [7, 11) is 0. The number of ether oxygens (including phenoxy) is 1. The SMILES string of the molecule is N#CNC(=O)OCc1ccccc1.NC(=O)S. The Hall–Kier alpha value is -2.20. The van der Waals surface area contributed by atoms with Crippen LogP contribution in [0.4, 0.5) is 9.59 Å². The number of carbonyl (C=O) groups excluding carboxylic acids is 2. The molecule has 0 heterocycles. The maximum absolute atomic E-state index is 10.7. The van der Waals surface area contributed by atoms with E-state index in [1.54, 1.807) is 0 Å². The first kappa shape index (κ1) is 14.8. The van der Waals surface area contributed by atoms with E-state index in [-0.39, 0.29) is 6.61 Å². The molecule has 17 heavy (non-hydrogen) atoms. The summed E-state index contributed by atoms with van der Waals surface area (Å²) in [6.45, 7) is 0.175. The van der Waals surface area contributed by atoms with Crippen molar-refractivity contribution in [3.05, 3.63) is 35.9 Å². The molecule has 0 spiro atoms. The third kappa shape index (κ3) is 10.1. The summed E-state index contributed by atoms with van der Waals surface area (Å²) >= 11 is 3.10. The molecule has 6 nitrogen and oxygen atoms in total. The van der Waals surface area contributed by atoms with E-state index < -0.39 is 11.3 Å². The lowest BCUT2D eigenvalue weighted by Gasteiger charge is -2.01. The zero-order valence-electron chi connectivity index (χ0n) is 8.79. The summed E-state index contributed by atoms with van der Waals surface area (Å²) in [5.41, 5.74) is 5.22. The van der Waals surface area contributed by atoms with Crippen molar-refractivity contribution in [1.82, 2.24) is 5.32 Å². The monoisotopic (exact) mass is 253 g/mol. The smallest absolute Gasteiger partial charge is 0.420 e. The number of nitrogens with two attached hydrogens (primary N) is 1. The van der Waals surface area contributed by atoms with Crippen molar-refractivity contribution in [1.29, 1.82) is 5.26 Å². The highest BCUT2D eigenvalue weighted by Crippen LogP contribution is 1.99. The third-order valence-electron chi connectivity index (χ3n) is 1.37. The summed E-state index contributed by atoms with van der Waals surface area (Å²) < 4.78 is 4.70. The number of rotatable bonds is 2. The molecule has 0 radical (unpaired) electrons. The van der Waals surface area contributed by atoms with Crippen molar-refractivity contribution in [2.45, 2.75) is 6.61 Å². The summed E-state index contributed by atoms with van der Waals surface area (Å²) in [6, 6.07) is 9.24. The van der Waals surface area contributed by atoms with Gasteiger partial charge in [-0.15, -0.1) is 0 Å². The highest BCUT2D eigenvalue weighted by molar-refractivity contribution is 7.96. The van der Waals surface area contributed by atoms with Crippen LogP contribution in [0, 0.1) is 11.5 Å². The van der Waals surface area contributed by atoms with Gasteiger partial charge in [-0.1, -0.05) is 43.0 Å². The second kappa shape index (κ2) is 9.06. The number of nitriles is 1. The van der Waals surface area contributed by atoms with Gasteiger partial charge in [-0.05, 0) is 5.56 Å². The van der Waals surface area contributed by atoms with E-state index in [2.05, 4.69) is 18.4 Å². The van der Waals surface area contributed by atoms with Crippen LogP contribution < -0.4 is 11.1 Å². The zero-order valence-corrected chi connectivity index (χ0v) is 9.68. The predicted octanol–water partition coefficient (Wildman–Crippen LogP) is 1.39. The molecular formula is C10H11N3O3S. The van der Waals surface area contributed by atoms with Crippen LogP contribution in [0.3, 0.4) is 0 Å². The zero-order chi connectivity index (χ0) is 13.1. The van der Waals surface area contributed by atoms with Gasteiger partial charge in [-0.2, -0.15) is 5.26 Å². The molecule has 0 saturated carbocycles. The number of nitrogens with zero attached hydrogens (tertiary/aromatic N) is 1. The van der Waals surface area contributed by atoms with Gasteiger partial charge in [0.25, 0.3) is 5.24 Å². The van der Waals surface area contributed by atoms with Crippen LogP contribution in [-0.2, 0) is 11.3 Å². The van der Waals surface area contributed by atoms with Gasteiger partial charge in [0.1, 0.15) is 6.61 Å². The molecule has 0 atom stereocenters. The highest BCUT2D eigenvalue weighted by Gasteiger charge is 1.99. The van der Waals surface area contributed by atoms with Crippen molar-refractivity contribution in [2.24, 2.45) is 5.73 Å². The number of hydrogen-bond donors (Lipinski definition) is 3. The van der Waals surface area contributed by atoms with Crippen LogP contribution in [0.5, 0.6) is 0 Å². The fraction of sp³-hybridized carbons (Fsp3) is 0.100. The predicted molar refractivity (Wildman–Crippen MR) is 63.9 cm³/mol. The number of alkyl carbamates (subject to hydrolysis) is 1. The first-order chi connectivity index (χ1) is 8.06. The molecule has 0 unspecified atom stereocenters. The largest absolute Gasteiger partial charge is 0.444 e. The van der Waals surface area contributed by atoms with Crippen molar-refractivity contribution < 1.29 is 14.3 Å². The molecule has 0 fully saturated rings. The van der Waals surface area contributed by atoms with Crippen molar-refractivity contribution in [3.8, 4) is 6.19 Å². The Morgan fingerprint density at radius 1 is 1.41 bits per heavy atom. The Balaban J connectivity index is 0.000000557. The molecule has 2 amide bonds. The van der Waals surface area contributed by atoms with Crippen LogP contribution in [0.15, 0.2) is 30.3 Å². The van der Waals surface area contributed by atoms with E-state index in [0.717, 1.165) is 5.56 Å². The van der Waals surface area contributed by atoms with E-state index in [4.69, 9.17) is 14.8 Å². The minimum Gasteiger partial charge on any atom is -0.444 e. The number of thiol groups is 1. The van der Waals surface area contributed by atoms with E-state index in [0.29, 0.717) is 0 Å². The lowest BCUT2D eigenvalue weighted by Crippen LogP contribution is -2.18. The minimum atomic E-state index is -0.730. The van der Waals surface area contributed by atoms with Crippen LogP contribution in [0.1, 0.15) is 5.56 Å². The van der Waals surface area contributed by atoms with E-state index in [9.17, 15) is 4.79 Å². The van der Waals surface area contributed by atoms with Gasteiger partial charge in [0, 0.05) is 0 Å². The van der Waals surface area contributed by atoms with Gasteiger partial charge in [0.2, 0.25) is 0 Å². The van der Waals surface area contributed by atoms with Gasteiger partial charge < -0.3 is 10.5 Å². The van der Waals surface area contributed by atoms with Gasteiger partial charge in [0.15, 0.2) is 6.19 Å². The summed E-state index contributed by atoms with van der Waals surface area (Å²) in [4.78, 5) is 19.7. The normalized spacial score (nSPS) is 8.00. The fourth-order valence-corrected chi connectivity index (χ4v) is 0.805. The van der Waals surface area contributed by atoms with Crippen LogP contribution >= 0.6 is 12.6 Å². The number of hydrogen-bond acceptors (Lipinski definition) is 4. The molecule has 0 saturated heterocycles. The molecule has 0 aliphatic heterocycles. The minimum absolute atomic E-state index is 0.175. The fourth-order valence-electron chi connectivity index (χ4n) is 0.805. The molecule has 0 aliphatic carbocycles. The molecule has 0 aromatic heterocycles. The Bertz CT molecular complexity index is 399. The van der Waals surface area contributed by atoms with Gasteiger partial charge in [-0.25, -0.2) is 10.1 Å². The lowest BCUT2D eigenvalue weighted by atomic mass is 10.2. The molecule has 7 heteroatoms. The molecule has 1 aromatic rings. The second-order valence-corrected chi connectivity index (χ2v) is 3.08. The molecular weight excluding hydrogens is 242 g/mol. The summed E-state index contributed by atoms with van der Waals surface area (Å²) in [5.74, 6) is 0. The number of amides is 2. The standard InChI is InChI=1S/C9H8N2O2.CH3NOS/c10-7-11-9(12)13-6-8-4-2-1-3-5-8;2-1(3)4/h1-5H,6H2,(H,11,12);(H3,2,3,4). The topological polar surface area (TPSA) is 105 Å². The summed E-state index contributed by atoms with van der Waals surface area (Å²) in [5, 5.41) is 9.29. The maximum Gasteiger partial charge on any atom is 0.420 e. The van der Waals surface area contributed by atoms with Crippen molar-refractivity contribution in [3.63, 3.8) is 0 Å². The molecule has 1 aromatic carbocycles. The van der Waals surface area contributed by atoms with E-state index in [1.165, 1.54) is 6.19 Å².